The van der Waals surface area contributed by atoms with E-state index in [0.717, 1.165) is 6.08 Å². The van der Waals surface area contributed by atoms with Crippen molar-refractivity contribution in [1.82, 2.24) is 4.90 Å². The zero-order valence-electron chi connectivity index (χ0n) is 10.4. The predicted octanol–water partition coefficient (Wildman–Crippen LogP) is 2.46. The molecule has 3 nitrogen and oxygen atoms in total. The van der Waals surface area contributed by atoms with Gasteiger partial charge in [-0.2, -0.15) is 13.2 Å². The first kappa shape index (κ1) is 14.8. The van der Waals surface area contributed by atoms with Gasteiger partial charge < -0.3 is 10.6 Å². The third-order valence-corrected chi connectivity index (χ3v) is 2.84. The van der Waals surface area contributed by atoms with Crippen LogP contribution < -0.4 is 5.73 Å². The molecule has 0 aromatic carbocycles. The molecule has 0 unspecified atom stereocenters. The number of hydrogen-bond donors (Lipinski definition) is 1. The summed E-state index contributed by atoms with van der Waals surface area (Å²) in [5, 5.41) is 0. The summed E-state index contributed by atoms with van der Waals surface area (Å²) in [5.41, 5.74) is 4.95. The second kappa shape index (κ2) is 6.04. The van der Waals surface area contributed by atoms with E-state index >= 15 is 0 Å². The van der Waals surface area contributed by atoms with E-state index in [-0.39, 0.29) is 11.9 Å². The van der Waals surface area contributed by atoms with Gasteiger partial charge in [0.05, 0.1) is 5.57 Å². The first-order valence-electron chi connectivity index (χ1n) is 5.83. The van der Waals surface area contributed by atoms with Crippen molar-refractivity contribution in [3.8, 4) is 0 Å². The van der Waals surface area contributed by atoms with Gasteiger partial charge in [-0.05, 0) is 19.8 Å². The third kappa shape index (κ3) is 3.60. The number of nitrogens with zero attached hydrogens (tertiary/aromatic N) is 2. The maximum absolute atomic E-state index is 12.9. The minimum Gasteiger partial charge on any atom is -0.356 e. The van der Waals surface area contributed by atoms with Gasteiger partial charge in [0.15, 0.2) is 0 Å². The fourth-order valence-corrected chi connectivity index (χ4v) is 1.89. The minimum atomic E-state index is -4.44. The summed E-state index contributed by atoms with van der Waals surface area (Å²) in [6, 6.07) is 0.0613. The van der Waals surface area contributed by atoms with Crippen LogP contribution in [0.3, 0.4) is 0 Å². The molecule has 0 spiro atoms. The standard InChI is InChI=1S/C12H18F3N3/c1-3-10(12(13,14)15)11(17-4-2)18-7-5-9(16)6-8-18/h3-4,9H,1,5-8,16H2,2H3/b11-10-,17-4-. The Morgan fingerprint density at radius 2 is 1.94 bits per heavy atom. The number of nitrogens with two attached hydrogens (primary N) is 1. The molecule has 1 aliphatic heterocycles. The van der Waals surface area contributed by atoms with Crippen LogP contribution in [0, 0.1) is 0 Å². The Bertz CT molecular complexity index is 350. The maximum Gasteiger partial charge on any atom is 0.419 e. The van der Waals surface area contributed by atoms with Crippen molar-refractivity contribution in [3.63, 3.8) is 0 Å². The molecule has 0 aromatic rings. The maximum atomic E-state index is 12.9. The van der Waals surface area contributed by atoms with Crippen molar-refractivity contribution >= 4 is 6.21 Å². The highest BCUT2D eigenvalue weighted by Gasteiger charge is 2.36. The lowest BCUT2D eigenvalue weighted by Crippen LogP contribution is -2.39. The molecule has 102 valence electrons. The molecule has 1 saturated heterocycles. The summed E-state index contributed by atoms with van der Waals surface area (Å²) < 4.78 is 38.6. The van der Waals surface area contributed by atoms with E-state index < -0.39 is 11.7 Å². The SMILES string of the molecule is C=C/C(=C(\N=C/C)N1CCC(N)CC1)C(F)(F)F. The van der Waals surface area contributed by atoms with Crippen LogP contribution in [0.2, 0.25) is 0 Å². The van der Waals surface area contributed by atoms with E-state index in [1.807, 2.05) is 0 Å². The Hall–Kier alpha value is -1.30. The normalized spacial score (nSPS) is 20.2. The van der Waals surface area contributed by atoms with Crippen molar-refractivity contribution in [2.24, 2.45) is 10.7 Å². The first-order chi connectivity index (χ1) is 8.40. The quantitative estimate of drug-likeness (QED) is 0.626. The summed E-state index contributed by atoms with van der Waals surface area (Å²) in [7, 11) is 0. The van der Waals surface area contributed by atoms with Gasteiger partial charge in [-0.1, -0.05) is 12.7 Å². The van der Waals surface area contributed by atoms with E-state index in [0.29, 0.717) is 25.9 Å². The Kier molecular flexibility index (Phi) is 4.95. The van der Waals surface area contributed by atoms with E-state index in [4.69, 9.17) is 5.73 Å². The molecule has 2 N–H and O–H groups in total. The second-order valence-electron chi connectivity index (χ2n) is 4.15. The fourth-order valence-electron chi connectivity index (χ4n) is 1.89. The van der Waals surface area contributed by atoms with Crippen LogP contribution in [0.15, 0.2) is 29.0 Å². The summed E-state index contributed by atoms with van der Waals surface area (Å²) in [6.45, 7) is 5.80. The smallest absolute Gasteiger partial charge is 0.356 e. The number of hydrogen-bond acceptors (Lipinski definition) is 3. The highest BCUT2D eigenvalue weighted by Crippen LogP contribution is 2.31. The topological polar surface area (TPSA) is 41.6 Å². The lowest BCUT2D eigenvalue weighted by Gasteiger charge is -2.33. The predicted molar refractivity (Wildman–Crippen MR) is 66.2 cm³/mol. The van der Waals surface area contributed by atoms with Crippen molar-refractivity contribution in [2.75, 3.05) is 13.1 Å². The minimum absolute atomic E-state index is 0.0613. The van der Waals surface area contributed by atoms with Crippen LogP contribution >= 0.6 is 0 Å². The fraction of sp³-hybridized carbons (Fsp3) is 0.583. The highest BCUT2D eigenvalue weighted by molar-refractivity contribution is 5.56. The average molecular weight is 261 g/mol. The van der Waals surface area contributed by atoms with Gasteiger partial charge in [-0.15, -0.1) is 0 Å². The van der Waals surface area contributed by atoms with E-state index in [1.54, 1.807) is 11.8 Å². The molecule has 0 aromatic heterocycles. The molecule has 6 heteroatoms. The van der Waals surface area contributed by atoms with Gasteiger partial charge >= 0.3 is 6.18 Å². The molecule has 0 amide bonds. The molecule has 1 heterocycles. The van der Waals surface area contributed by atoms with E-state index in [1.165, 1.54) is 6.21 Å². The number of halogens is 3. The van der Waals surface area contributed by atoms with Crippen LogP contribution in [0.5, 0.6) is 0 Å². The number of aliphatic imine (C=N–C) groups is 1. The summed E-state index contributed by atoms with van der Waals surface area (Å²) in [4.78, 5) is 5.48. The van der Waals surface area contributed by atoms with Crippen molar-refractivity contribution in [1.29, 1.82) is 0 Å². The lowest BCUT2D eigenvalue weighted by molar-refractivity contribution is -0.0903. The molecule has 18 heavy (non-hydrogen) atoms. The van der Waals surface area contributed by atoms with Gasteiger partial charge in [0.25, 0.3) is 0 Å². The van der Waals surface area contributed by atoms with Gasteiger partial charge in [0.1, 0.15) is 5.82 Å². The molecular formula is C12H18F3N3. The van der Waals surface area contributed by atoms with Gasteiger partial charge in [-0.25, -0.2) is 4.99 Å². The first-order valence-corrected chi connectivity index (χ1v) is 5.83. The van der Waals surface area contributed by atoms with Crippen LogP contribution in [0.25, 0.3) is 0 Å². The number of likely N-dealkylation sites (tertiary alicyclic amines) is 1. The van der Waals surface area contributed by atoms with Gasteiger partial charge in [-0.3, -0.25) is 0 Å². The van der Waals surface area contributed by atoms with Crippen LogP contribution in [0.4, 0.5) is 13.2 Å². The van der Waals surface area contributed by atoms with E-state index in [9.17, 15) is 13.2 Å². The average Bonchev–Trinajstić information content (AvgIpc) is 2.28. The molecule has 1 aliphatic rings. The second-order valence-corrected chi connectivity index (χ2v) is 4.15. The van der Waals surface area contributed by atoms with Gasteiger partial charge in [0, 0.05) is 25.3 Å². The Labute approximate surface area is 105 Å². The number of allylic oxidation sites excluding steroid dienone is 2. The largest absolute Gasteiger partial charge is 0.419 e. The highest BCUT2D eigenvalue weighted by atomic mass is 19.4. The molecule has 0 bridgehead atoms. The molecule has 1 rings (SSSR count). The monoisotopic (exact) mass is 261 g/mol. The molecule has 0 aliphatic carbocycles. The molecule has 0 saturated carbocycles. The van der Waals surface area contributed by atoms with Crippen molar-refractivity contribution in [3.05, 3.63) is 24.0 Å². The Morgan fingerprint density at radius 3 is 2.33 bits per heavy atom. The Morgan fingerprint density at radius 1 is 1.39 bits per heavy atom. The van der Waals surface area contributed by atoms with Crippen LogP contribution in [0.1, 0.15) is 19.8 Å². The van der Waals surface area contributed by atoms with Crippen molar-refractivity contribution < 1.29 is 13.2 Å². The summed E-state index contributed by atoms with van der Waals surface area (Å²) >= 11 is 0. The molecular weight excluding hydrogens is 243 g/mol. The number of alkyl halides is 3. The third-order valence-electron chi connectivity index (χ3n) is 2.84. The zero-order chi connectivity index (χ0) is 13.8. The van der Waals surface area contributed by atoms with Gasteiger partial charge in [0.2, 0.25) is 0 Å². The number of piperidine rings is 1. The molecule has 0 atom stereocenters. The Balaban J connectivity index is 3.08. The summed E-state index contributed by atoms with van der Waals surface area (Å²) in [5.74, 6) is -0.0631. The zero-order valence-corrected chi connectivity index (χ0v) is 10.4. The van der Waals surface area contributed by atoms with Crippen LogP contribution in [-0.4, -0.2) is 36.4 Å². The summed E-state index contributed by atoms with van der Waals surface area (Å²) in [6.07, 6.45) is -0.921. The van der Waals surface area contributed by atoms with Crippen molar-refractivity contribution in [2.45, 2.75) is 32.0 Å². The molecule has 0 radical (unpaired) electrons. The lowest BCUT2D eigenvalue weighted by atomic mass is 10.1. The molecule has 1 fully saturated rings. The van der Waals surface area contributed by atoms with E-state index in [2.05, 4.69) is 11.6 Å². The number of rotatable bonds is 3. The van der Waals surface area contributed by atoms with Crippen LogP contribution in [-0.2, 0) is 0 Å².